The van der Waals surface area contributed by atoms with Gasteiger partial charge in [-0.05, 0) is 38.3 Å². The minimum atomic E-state index is -0.0939. The Morgan fingerprint density at radius 1 is 0.950 bits per heavy atom. The molecule has 0 fully saturated rings. The highest BCUT2D eigenvalue weighted by atomic mass is 32.1. The van der Waals surface area contributed by atoms with E-state index in [-0.39, 0.29) is 5.82 Å². The molecule has 114 valence electrons. The van der Waals surface area contributed by atoms with Gasteiger partial charge in [0.05, 0.1) is 0 Å². The lowest BCUT2D eigenvalue weighted by molar-refractivity contribution is 0.311. The summed E-state index contributed by atoms with van der Waals surface area (Å²) in [5.41, 5.74) is 0.793. The molecule has 0 aromatic heterocycles. The van der Waals surface area contributed by atoms with Crippen molar-refractivity contribution in [3.8, 4) is 0 Å². The maximum absolute atomic E-state index is 13.5. The van der Waals surface area contributed by atoms with Crippen molar-refractivity contribution in [2.45, 2.75) is 51.5 Å². The quantitative estimate of drug-likeness (QED) is 0.448. The molecule has 0 aliphatic heterocycles. The van der Waals surface area contributed by atoms with Crippen molar-refractivity contribution >= 4 is 12.6 Å². The summed E-state index contributed by atoms with van der Waals surface area (Å²) in [6.07, 6.45) is 9.04. The Labute approximate surface area is 129 Å². The van der Waals surface area contributed by atoms with Crippen LogP contribution in [0.4, 0.5) is 4.39 Å². The van der Waals surface area contributed by atoms with Gasteiger partial charge < -0.3 is 4.90 Å². The van der Waals surface area contributed by atoms with Crippen LogP contribution in [0, 0.1) is 5.82 Å². The van der Waals surface area contributed by atoms with Gasteiger partial charge in [0.1, 0.15) is 5.82 Å². The lowest BCUT2D eigenvalue weighted by Gasteiger charge is -2.16. The van der Waals surface area contributed by atoms with E-state index in [9.17, 15) is 4.39 Å². The summed E-state index contributed by atoms with van der Waals surface area (Å²) in [6, 6.07) is 7.05. The van der Waals surface area contributed by atoms with Gasteiger partial charge in [0, 0.05) is 12.1 Å². The van der Waals surface area contributed by atoms with Crippen molar-refractivity contribution < 1.29 is 4.39 Å². The molecule has 0 saturated carbocycles. The molecular weight excluding hydrogens is 269 g/mol. The van der Waals surface area contributed by atoms with Gasteiger partial charge in [-0.1, -0.05) is 50.3 Å². The molecule has 0 radical (unpaired) electrons. The van der Waals surface area contributed by atoms with E-state index in [1.807, 2.05) is 12.1 Å². The smallest absolute Gasteiger partial charge is 0.127 e. The molecule has 1 rings (SSSR count). The summed E-state index contributed by atoms with van der Waals surface area (Å²) < 4.78 is 13.5. The van der Waals surface area contributed by atoms with E-state index in [0.29, 0.717) is 6.54 Å². The Hall–Kier alpha value is -0.540. The Bertz CT molecular complexity index is 357. The van der Waals surface area contributed by atoms with Crippen LogP contribution in [0.3, 0.4) is 0 Å². The topological polar surface area (TPSA) is 3.24 Å². The second-order valence-electron chi connectivity index (χ2n) is 5.53. The molecule has 0 heterocycles. The van der Waals surface area contributed by atoms with Crippen LogP contribution in [-0.2, 0) is 6.54 Å². The van der Waals surface area contributed by atoms with Crippen LogP contribution in [0.25, 0.3) is 0 Å². The van der Waals surface area contributed by atoms with Crippen LogP contribution in [0.2, 0.25) is 0 Å². The summed E-state index contributed by atoms with van der Waals surface area (Å²) in [7, 11) is 2.07. The fourth-order valence-electron chi connectivity index (χ4n) is 2.37. The number of hydrogen-bond acceptors (Lipinski definition) is 2. The monoisotopic (exact) mass is 297 g/mol. The molecule has 0 N–H and O–H groups in total. The van der Waals surface area contributed by atoms with E-state index in [1.54, 1.807) is 6.07 Å². The SMILES string of the molecule is CN(CCCCCCCCCS)Cc1ccccc1F. The normalized spacial score (nSPS) is 11.2. The van der Waals surface area contributed by atoms with Crippen LogP contribution in [0.5, 0.6) is 0 Å². The molecule has 0 bridgehead atoms. The van der Waals surface area contributed by atoms with Gasteiger partial charge >= 0.3 is 0 Å². The van der Waals surface area contributed by atoms with Crippen molar-refractivity contribution in [2.75, 3.05) is 19.3 Å². The molecule has 1 aromatic carbocycles. The fourth-order valence-corrected chi connectivity index (χ4v) is 2.60. The lowest BCUT2D eigenvalue weighted by atomic mass is 10.1. The van der Waals surface area contributed by atoms with Gasteiger partial charge in [0.15, 0.2) is 0 Å². The third kappa shape index (κ3) is 7.91. The van der Waals surface area contributed by atoms with Gasteiger partial charge in [-0.2, -0.15) is 12.6 Å². The first-order valence-electron chi connectivity index (χ1n) is 7.77. The first kappa shape index (κ1) is 17.5. The molecule has 0 amide bonds. The predicted molar refractivity (Wildman–Crippen MR) is 88.9 cm³/mol. The molecule has 1 aromatic rings. The van der Waals surface area contributed by atoms with Gasteiger partial charge in [-0.15, -0.1) is 0 Å². The van der Waals surface area contributed by atoms with Gasteiger partial charge in [0.2, 0.25) is 0 Å². The van der Waals surface area contributed by atoms with E-state index in [4.69, 9.17) is 0 Å². The fraction of sp³-hybridized carbons (Fsp3) is 0.647. The third-order valence-electron chi connectivity index (χ3n) is 3.60. The molecule has 3 heteroatoms. The summed E-state index contributed by atoms with van der Waals surface area (Å²) in [4.78, 5) is 2.21. The maximum Gasteiger partial charge on any atom is 0.127 e. The van der Waals surface area contributed by atoms with Crippen molar-refractivity contribution in [1.29, 1.82) is 0 Å². The summed E-state index contributed by atoms with van der Waals surface area (Å²) in [5, 5.41) is 0. The second kappa shape index (κ2) is 11.2. The number of unbranched alkanes of at least 4 members (excludes halogenated alkanes) is 6. The van der Waals surface area contributed by atoms with Crippen molar-refractivity contribution in [3.05, 3.63) is 35.6 Å². The zero-order valence-corrected chi connectivity index (χ0v) is 13.5. The largest absolute Gasteiger partial charge is 0.302 e. The van der Waals surface area contributed by atoms with Crippen molar-refractivity contribution in [3.63, 3.8) is 0 Å². The molecule has 0 spiro atoms. The number of rotatable bonds is 11. The van der Waals surface area contributed by atoms with E-state index < -0.39 is 0 Å². The molecule has 0 aliphatic rings. The van der Waals surface area contributed by atoms with Crippen molar-refractivity contribution in [1.82, 2.24) is 4.90 Å². The Balaban J connectivity index is 2.03. The highest BCUT2D eigenvalue weighted by Gasteiger charge is 2.04. The van der Waals surface area contributed by atoms with Gasteiger partial charge in [-0.3, -0.25) is 0 Å². The standard InChI is InChI=1S/C17H28FNS/c1-19(15-16-11-7-8-12-17(16)18)13-9-5-3-2-4-6-10-14-20/h7-8,11-12,20H,2-6,9-10,13-15H2,1H3. The molecular formula is C17H28FNS. The maximum atomic E-state index is 13.5. The predicted octanol–water partition coefficient (Wildman–Crippen LogP) is 4.92. The summed E-state index contributed by atoms with van der Waals surface area (Å²) >= 11 is 4.22. The Morgan fingerprint density at radius 3 is 2.20 bits per heavy atom. The van der Waals surface area contributed by atoms with Crippen LogP contribution in [-0.4, -0.2) is 24.2 Å². The van der Waals surface area contributed by atoms with E-state index in [2.05, 4.69) is 24.6 Å². The lowest BCUT2D eigenvalue weighted by Crippen LogP contribution is -2.19. The van der Waals surface area contributed by atoms with E-state index in [0.717, 1.165) is 17.9 Å². The summed E-state index contributed by atoms with van der Waals surface area (Å²) in [5.74, 6) is 0.921. The Morgan fingerprint density at radius 2 is 1.55 bits per heavy atom. The molecule has 1 nitrogen and oxygen atoms in total. The first-order chi connectivity index (χ1) is 9.74. The number of nitrogens with zero attached hydrogens (tertiary/aromatic N) is 1. The molecule has 0 unspecified atom stereocenters. The van der Waals surface area contributed by atoms with Crippen molar-refractivity contribution in [2.24, 2.45) is 0 Å². The molecule has 20 heavy (non-hydrogen) atoms. The van der Waals surface area contributed by atoms with E-state index >= 15 is 0 Å². The van der Waals surface area contributed by atoms with Crippen LogP contribution >= 0.6 is 12.6 Å². The van der Waals surface area contributed by atoms with E-state index in [1.165, 1.54) is 51.0 Å². The number of benzene rings is 1. The van der Waals surface area contributed by atoms with Crippen LogP contribution < -0.4 is 0 Å². The van der Waals surface area contributed by atoms with Gasteiger partial charge in [-0.25, -0.2) is 4.39 Å². The molecule has 0 atom stereocenters. The highest BCUT2D eigenvalue weighted by molar-refractivity contribution is 7.80. The third-order valence-corrected chi connectivity index (χ3v) is 3.91. The van der Waals surface area contributed by atoms with Crippen LogP contribution in [0.15, 0.2) is 24.3 Å². The summed E-state index contributed by atoms with van der Waals surface area (Å²) in [6.45, 7) is 1.75. The zero-order chi connectivity index (χ0) is 14.6. The van der Waals surface area contributed by atoms with Crippen LogP contribution in [0.1, 0.15) is 50.5 Å². The molecule has 0 aliphatic carbocycles. The zero-order valence-electron chi connectivity index (χ0n) is 12.7. The number of halogens is 1. The minimum absolute atomic E-state index is 0.0939. The Kier molecular flexibility index (Phi) is 9.77. The average molecular weight is 297 g/mol. The number of hydrogen-bond donors (Lipinski definition) is 1. The highest BCUT2D eigenvalue weighted by Crippen LogP contribution is 2.11. The van der Waals surface area contributed by atoms with Gasteiger partial charge in [0.25, 0.3) is 0 Å². The number of thiol groups is 1. The second-order valence-corrected chi connectivity index (χ2v) is 5.97. The average Bonchev–Trinajstić information content (AvgIpc) is 2.44. The minimum Gasteiger partial charge on any atom is -0.302 e. The molecule has 0 saturated heterocycles. The first-order valence-corrected chi connectivity index (χ1v) is 8.40.